The minimum absolute atomic E-state index is 0. The van der Waals surface area contributed by atoms with Gasteiger partial charge in [-0.2, -0.15) is 0 Å². The molecular formula is C28H29Cl2N3O3. The highest BCUT2D eigenvalue weighted by atomic mass is 35.5. The molecule has 0 spiro atoms. The first kappa shape index (κ1) is 27.2. The molecule has 1 fully saturated rings. The number of amidine groups is 1. The summed E-state index contributed by atoms with van der Waals surface area (Å²) in [5.41, 5.74) is 2.53. The van der Waals surface area contributed by atoms with E-state index in [9.17, 15) is 9.59 Å². The Bertz CT molecular complexity index is 1250. The maximum Gasteiger partial charge on any atom is 0.256 e. The second-order valence-electron chi connectivity index (χ2n) is 8.32. The van der Waals surface area contributed by atoms with Gasteiger partial charge in [0.2, 0.25) is 0 Å². The van der Waals surface area contributed by atoms with Crippen molar-refractivity contribution in [2.75, 3.05) is 25.5 Å². The SMILES string of the molecule is C.COc1cc(Cl)cc(C(=O)Nc2ccc(Cl)cc2)c1CC(=O)c1ccc(C(=N)N2CCCC2)cc1. The Morgan fingerprint density at radius 1 is 0.944 bits per heavy atom. The van der Waals surface area contributed by atoms with Crippen LogP contribution in [0.1, 0.15) is 52.1 Å². The Morgan fingerprint density at radius 2 is 1.56 bits per heavy atom. The van der Waals surface area contributed by atoms with E-state index in [2.05, 4.69) is 5.32 Å². The zero-order valence-corrected chi connectivity index (χ0v) is 20.7. The second kappa shape index (κ2) is 12.1. The van der Waals surface area contributed by atoms with E-state index < -0.39 is 5.91 Å². The number of nitrogens with one attached hydrogen (secondary N) is 2. The molecule has 8 heteroatoms. The molecule has 0 aromatic heterocycles. The number of amides is 1. The van der Waals surface area contributed by atoms with Crippen LogP contribution < -0.4 is 10.1 Å². The third-order valence-corrected chi connectivity index (χ3v) is 6.45. The van der Waals surface area contributed by atoms with E-state index >= 15 is 0 Å². The first-order valence-corrected chi connectivity index (χ1v) is 12.0. The van der Waals surface area contributed by atoms with Crippen molar-refractivity contribution in [2.24, 2.45) is 0 Å². The number of benzene rings is 3. The summed E-state index contributed by atoms with van der Waals surface area (Å²) in [5, 5.41) is 12.1. The number of hydrogen-bond acceptors (Lipinski definition) is 4. The van der Waals surface area contributed by atoms with Crippen LogP contribution in [0.2, 0.25) is 10.0 Å². The van der Waals surface area contributed by atoms with Crippen LogP contribution in [-0.4, -0.2) is 42.6 Å². The fourth-order valence-electron chi connectivity index (χ4n) is 4.11. The average molecular weight is 526 g/mol. The maximum absolute atomic E-state index is 13.2. The lowest BCUT2D eigenvalue weighted by Gasteiger charge is -2.18. The predicted molar refractivity (Wildman–Crippen MR) is 146 cm³/mol. The third-order valence-electron chi connectivity index (χ3n) is 5.98. The van der Waals surface area contributed by atoms with Crippen LogP contribution in [0.5, 0.6) is 5.75 Å². The van der Waals surface area contributed by atoms with E-state index in [1.807, 2.05) is 4.90 Å². The number of carbonyl (C=O) groups is 2. The summed E-state index contributed by atoms with van der Waals surface area (Å²) in [4.78, 5) is 28.3. The monoisotopic (exact) mass is 525 g/mol. The highest BCUT2D eigenvalue weighted by molar-refractivity contribution is 6.31. The Balaban J connectivity index is 0.00000361. The molecule has 1 aliphatic heterocycles. The zero-order valence-electron chi connectivity index (χ0n) is 19.2. The molecule has 188 valence electrons. The first-order chi connectivity index (χ1) is 16.9. The number of carbonyl (C=O) groups excluding carboxylic acids is 2. The molecule has 0 radical (unpaired) electrons. The van der Waals surface area contributed by atoms with Crippen molar-refractivity contribution in [3.8, 4) is 5.75 Å². The summed E-state index contributed by atoms with van der Waals surface area (Å²) >= 11 is 12.2. The molecule has 3 aromatic carbocycles. The van der Waals surface area contributed by atoms with Gasteiger partial charge in [0.25, 0.3) is 5.91 Å². The highest BCUT2D eigenvalue weighted by Crippen LogP contribution is 2.30. The number of Topliss-reactive ketones (excluding diaryl/α,β-unsaturated/α-hetero) is 1. The summed E-state index contributed by atoms with van der Waals surface area (Å²) in [6.07, 6.45) is 2.14. The molecule has 6 nitrogen and oxygen atoms in total. The predicted octanol–water partition coefficient (Wildman–Crippen LogP) is 6.74. The van der Waals surface area contributed by atoms with Crippen LogP contribution in [0.3, 0.4) is 0 Å². The van der Waals surface area contributed by atoms with E-state index in [4.69, 9.17) is 33.3 Å². The molecule has 1 saturated heterocycles. The number of methoxy groups -OCH3 is 1. The van der Waals surface area contributed by atoms with Gasteiger partial charge in [-0.25, -0.2) is 0 Å². The van der Waals surface area contributed by atoms with Gasteiger partial charge in [0.05, 0.1) is 7.11 Å². The van der Waals surface area contributed by atoms with Gasteiger partial charge in [0.1, 0.15) is 11.6 Å². The van der Waals surface area contributed by atoms with E-state index in [-0.39, 0.29) is 25.2 Å². The van der Waals surface area contributed by atoms with Gasteiger partial charge < -0.3 is 15.0 Å². The van der Waals surface area contributed by atoms with Crippen molar-refractivity contribution in [1.82, 2.24) is 4.90 Å². The van der Waals surface area contributed by atoms with Crippen LogP contribution in [0.15, 0.2) is 60.7 Å². The molecule has 0 unspecified atom stereocenters. The lowest BCUT2D eigenvalue weighted by atomic mass is 9.96. The van der Waals surface area contributed by atoms with Crippen molar-refractivity contribution in [2.45, 2.75) is 26.7 Å². The molecule has 1 heterocycles. The van der Waals surface area contributed by atoms with Crippen LogP contribution in [0.4, 0.5) is 5.69 Å². The molecule has 0 atom stereocenters. The number of anilines is 1. The molecule has 2 N–H and O–H groups in total. The molecule has 3 aromatic rings. The standard InChI is InChI=1S/C27H25Cl2N3O3.CH4/c1-35-25-15-20(29)14-23(27(34)31-21-10-8-19(28)9-11-21)22(25)16-24(33)17-4-6-18(7-5-17)26(30)32-12-2-3-13-32;/h4-11,14-15,30H,2-3,12-13,16H2,1H3,(H,31,34);1H4. The van der Waals surface area contributed by atoms with E-state index in [0.717, 1.165) is 31.5 Å². The summed E-state index contributed by atoms with van der Waals surface area (Å²) in [6, 6.07) is 16.9. The number of nitrogens with zero attached hydrogens (tertiary/aromatic N) is 1. The van der Waals surface area contributed by atoms with Crippen LogP contribution in [0.25, 0.3) is 0 Å². The smallest absolute Gasteiger partial charge is 0.256 e. The number of ether oxygens (including phenoxy) is 1. The van der Waals surface area contributed by atoms with Gasteiger partial charge in [0.15, 0.2) is 5.78 Å². The quantitative estimate of drug-likeness (QED) is 0.203. The number of rotatable bonds is 7. The van der Waals surface area contributed by atoms with Crippen molar-refractivity contribution >= 4 is 46.4 Å². The lowest BCUT2D eigenvalue weighted by Crippen LogP contribution is -2.27. The minimum atomic E-state index is -0.412. The average Bonchev–Trinajstić information content (AvgIpc) is 3.41. The first-order valence-electron chi connectivity index (χ1n) is 11.3. The van der Waals surface area contributed by atoms with E-state index in [1.165, 1.54) is 13.2 Å². The Hall–Kier alpha value is -3.35. The van der Waals surface area contributed by atoms with E-state index in [0.29, 0.717) is 38.4 Å². The molecule has 0 bridgehead atoms. The molecule has 36 heavy (non-hydrogen) atoms. The number of hydrogen-bond donors (Lipinski definition) is 2. The molecular weight excluding hydrogens is 497 g/mol. The number of halogens is 2. The largest absolute Gasteiger partial charge is 0.496 e. The van der Waals surface area contributed by atoms with Crippen molar-refractivity contribution in [3.05, 3.63) is 93.0 Å². The van der Waals surface area contributed by atoms with Crippen molar-refractivity contribution in [1.29, 1.82) is 5.41 Å². The maximum atomic E-state index is 13.2. The van der Waals surface area contributed by atoms with Gasteiger partial charge in [-0.1, -0.05) is 54.9 Å². The lowest BCUT2D eigenvalue weighted by molar-refractivity contribution is 0.0991. The minimum Gasteiger partial charge on any atom is -0.496 e. The van der Waals surface area contributed by atoms with Gasteiger partial charge in [-0.3, -0.25) is 15.0 Å². The Kier molecular flexibility index (Phi) is 9.13. The fourth-order valence-corrected chi connectivity index (χ4v) is 4.44. The Labute approximate surface area is 221 Å². The van der Waals surface area contributed by atoms with Crippen LogP contribution >= 0.6 is 23.2 Å². The summed E-state index contributed by atoms with van der Waals surface area (Å²) in [6.45, 7) is 1.77. The Morgan fingerprint density at radius 3 is 2.17 bits per heavy atom. The van der Waals surface area contributed by atoms with Gasteiger partial charge in [0, 0.05) is 57.5 Å². The summed E-state index contributed by atoms with van der Waals surface area (Å²) < 4.78 is 5.46. The second-order valence-corrected chi connectivity index (χ2v) is 9.19. The van der Waals surface area contributed by atoms with Crippen LogP contribution in [-0.2, 0) is 6.42 Å². The summed E-state index contributed by atoms with van der Waals surface area (Å²) in [5.74, 6) is 0.248. The van der Waals surface area contributed by atoms with Gasteiger partial charge in [-0.05, 0) is 49.2 Å². The molecule has 0 saturated carbocycles. The van der Waals surface area contributed by atoms with Gasteiger partial charge in [-0.15, -0.1) is 0 Å². The summed E-state index contributed by atoms with van der Waals surface area (Å²) in [7, 11) is 1.47. The van der Waals surface area contributed by atoms with Gasteiger partial charge >= 0.3 is 0 Å². The highest BCUT2D eigenvalue weighted by Gasteiger charge is 2.22. The third kappa shape index (κ3) is 6.25. The van der Waals surface area contributed by atoms with E-state index in [1.54, 1.807) is 54.6 Å². The van der Waals surface area contributed by atoms with Crippen molar-refractivity contribution < 1.29 is 14.3 Å². The molecule has 1 aliphatic rings. The number of likely N-dealkylation sites (tertiary alicyclic amines) is 1. The van der Waals surface area contributed by atoms with Crippen LogP contribution in [0, 0.1) is 5.41 Å². The van der Waals surface area contributed by atoms with Crippen molar-refractivity contribution in [3.63, 3.8) is 0 Å². The fraction of sp³-hybridized carbons (Fsp3) is 0.250. The zero-order chi connectivity index (χ0) is 24.9. The molecule has 4 rings (SSSR count). The number of ketones is 1. The molecule has 1 amide bonds. The molecule has 0 aliphatic carbocycles. The normalized spacial score (nSPS) is 12.6. The topological polar surface area (TPSA) is 82.5 Å².